The number of furan rings is 1. The van der Waals surface area contributed by atoms with Crippen LogP contribution in [0.15, 0.2) is 21.2 Å². The first-order valence-corrected chi connectivity index (χ1v) is 6.91. The average molecular weight is 287 g/mol. The normalized spacial score (nSPS) is 30.6. The Labute approximate surface area is 105 Å². The van der Waals surface area contributed by atoms with Crippen LogP contribution in [0.5, 0.6) is 0 Å². The fourth-order valence-corrected chi connectivity index (χ4v) is 3.28. The van der Waals surface area contributed by atoms with Crippen molar-refractivity contribution in [2.24, 2.45) is 5.92 Å². The highest BCUT2D eigenvalue weighted by Crippen LogP contribution is 2.43. The molecule has 0 aromatic carbocycles. The number of rotatable bonds is 3. The van der Waals surface area contributed by atoms with Crippen molar-refractivity contribution in [3.8, 4) is 0 Å². The van der Waals surface area contributed by atoms with Crippen molar-refractivity contribution < 1.29 is 9.52 Å². The summed E-state index contributed by atoms with van der Waals surface area (Å²) in [6, 6.07) is 1.85. The third-order valence-electron chi connectivity index (χ3n) is 3.67. The van der Waals surface area contributed by atoms with E-state index in [2.05, 4.69) is 22.9 Å². The Kier molecular flexibility index (Phi) is 3.75. The lowest BCUT2D eigenvalue weighted by Gasteiger charge is -2.34. The predicted molar refractivity (Wildman–Crippen MR) is 67.2 cm³/mol. The Balaban J connectivity index is 2.04. The van der Waals surface area contributed by atoms with Gasteiger partial charge >= 0.3 is 0 Å². The van der Waals surface area contributed by atoms with E-state index in [0.717, 1.165) is 36.1 Å². The maximum Gasteiger partial charge on any atom is 0.149 e. The van der Waals surface area contributed by atoms with E-state index < -0.39 is 5.60 Å². The van der Waals surface area contributed by atoms with E-state index in [1.807, 2.05) is 6.07 Å². The average Bonchev–Trinajstić information content (AvgIpc) is 2.69. The molecule has 0 amide bonds. The lowest BCUT2D eigenvalue weighted by molar-refractivity contribution is -0.0336. The van der Waals surface area contributed by atoms with Crippen molar-refractivity contribution >= 4 is 15.9 Å². The number of hydrogen-bond acceptors (Lipinski definition) is 2. The molecule has 1 fully saturated rings. The molecule has 0 unspecified atom stereocenters. The van der Waals surface area contributed by atoms with Gasteiger partial charge in [-0.3, -0.25) is 0 Å². The Morgan fingerprint density at radius 1 is 1.50 bits per heavy atom. The molecule has 2 nitrogen and oxygen atoms in total. The van der Waals surface area contributed by atoms with Crippen LogP contribution in [0.25, 0.3) is 0 Å². The fraction of sp³-hybridized carbons (Fsp3) is 0.692. The van der Waals surface area contributed by atoms with Gasteiger partial charge in [0.2, 0.25) is 0 Å². The second-order valence-corrected chi connectivity index (χ2v) is 5.72. The Bertz CT molecular complexity index is 337. The molecule has 1 aliphatic rings. The second-order valence-electron chi connectivity index (χ2n) is 4.86. The molecule has 0 atom stereocenters. The third kappa shape index (κ3) is 2.35. The molecule has 1 heterocycles. The first kappa shape index (κ1) is 12.2. The predicted octanol–water partition coefficient (Wildman–Crippen LogP) is 4.22. The van der Waals surface area contributed by atoms with Crippen LogP contribution in [0.1, 0.15) is 51.2 Å². The minimum atomic E-state index is -0.743. The molecule has 0 radical (unpaired) electrons. The summed E-state index contributed by atoms with van der Waals surface area (Å²) < 4.78 is 6.30. The number of hydrogen-bond donors (Lipinski definition) is 1. The van der Waals surface area contributed by atoms with Crippen LogP contribution >= 0.6 is 15.9 Å². The summed E-state index contributed by atoms with van der Waals surface area (Å²) in [5.41, 5.74) is -0.743. The second kappa shape index (κ2) is 4.92. The van der Waals surface area contributed by atoms with E-state index in [1.165, 1.54) is 12.8 Å². The maximum absolute atomic E-state index is 10.6. The van der Waals surface area contributed by atoms with Crippen molar-refractivity contribution in [3.63, 3.8) is 0 Å². The first-order valence-electron chi connectivity index (χ1n) is 6.11. The van der Waals surface area contributed by atoms with Gasteiger partial charge in [-0.2, -0.15) is 0 Å². The Hall–Kier alpha value is -0.280. The quantitative estimate of drug-likeness (QED) is 0.903. The molecular weight excluding hydrogens is 268 g/mol. The van der Waals surface area contributed by atoms with E-state index in [0.29, 0.717) is 5.76 Å². The SMILES string of the molecule is CCCC1CCC(O)(c2occc2Br)CC1. The van der Waals surface area contributed by atoms with Gasteiger partial charge in [0.1, 0.15) is 11.4 Å². The van der Waals surface area contributed by atoms with Gasteiger partial charge in [-0.25, -0.2) is 0 Å². The molecule has 3 heteroatoms. The van der Waals surface area contributed by atoms with Crippen LogP contribution in [0, 0.1) is 5.92 Å². The standard InChI is InChI=1S/C13H19BrO2/c1-2-3-10-4-7-13(15,8-5-10)12-11(14)6-9-16-12/h6,9-10,15H,2-5,7-8H2,1H3. The van der Waals surface area contributed by atoms with Crippen LogP contribution in [0.2, 0.25) is 0 Å². The molecule has 1 aromatic heterocycles. The van der Waals surface area contributed by atoms with Gasteiger partial charge in [-0.05, 0) is 53.6 Å². The van der Waals surface area contributed by atoms with Crippen LogP contribution in [-0.4, -0.2) is 5.11 Å². The highest BCUT2D eigenvalue weighted by atomic mass is 79.9. The lowest BCUT2D eigenvalue weighted by atomic mass is 9.76. The molecule has 0 bridgehead atoms. The van der Waals surface area contributed by atoms with E-state index in [4.69, 9.17) is 4.42 Å². The van der Waals surface area contributed by atoms with Gasteiger partial charge in [-0.15, -0.1) is 0 Å². The highest BCUT2D eigenvalue weighted by molar-refractivity contribution is 9.10. The van der Waals surface area contributed by atoms with E-state index in [1.54, 1.807) is 6.26 Å². The summed E-state index contributed by atoms with van der Waals surface area (Å²) >= 11 is 3.43. The molecule has 0 saturated heterocycles. The van der Waals surface area contributed by atoms with Crippen LogP contribution in [0.3, 0.4) is 0 Å². The fourth-order valence-electron chi connectivity index (χ4n) is 2.70. The largest absolute Gasteiger partial charge is 0.465 e. The van der Waals surface area contributed by atoms with Crippen molar-refractivity contribution in [2.45, 2.75) is 51.0 Å². The third-order valence-corrected chi connectivity index (χ3v) is 4.29. The molecule has 16 heavy (non-hydrogen) atoms. The molecule has 0 spiro atoms. The topological polar surface area (TPSA) is 33.4 Å². The maximum atomic E-state index is 10.6. The summed E-state index contributed by atoms with van der Waals surface area (Å²) in [5.74, 6) is 1.50. The summed E-state index contributed by atoms with van der Waals surface area (Å²) in [5, 5.41) is 10.6. The summed E-state index contributed by atoms with van der Waals surface area (Å²) in [6.07, 6.45) is 8.03. The van der Waals surface area contributed by atoms with Gasteiger partial charge in [0.15, 0.2) is 0 Å². The molecule has 1 aromatic rings. The van der Waals surface area contributed by atoms with Crippen LogP contribution < -0.4 is 0 Å². The van der Waals surface area contributed by atoms with Crippen LogP contribution in [0.4, 0.5) is 0 Å². The zero-order valence-electron chi connectivity index (χ0n) is 9.71. The van der Waals surface area contributed by atoms with E-state index in [-0.39, 0.29) is 0 Å². The summed E-state index contributed by atoms with van der Waals surface area (Å²) in [7, 11) is 0. The Morgan fingerprint density at radius 2 is 2.19 bits per heavy atom. The Morgan fingerprint density at radius 3 is 2.69 bits per heavy atom. The van der Waals surface area contributed by atoms with Crippen molar-refractivity contribution in [2.75, 3.05) is 0 Å². The zero-order valence-corrected chi connectivity index (χ0v) is 11.3. The molecule has 1 aliphatic carbocycles. The van der Waals surface area contributed by atoms with Gasteiger partial charge in [0, 0.05) is 0 Å². The van der Waals surface area contributed by atoms with Crippen LogP contribution in [-0.2, 0) is 5.60 Å². The smallest absolute Gasteiger partial charge is 0.149 e. The lowest BCUT2D eigenvalue weighted by Crippen LogP contribution is -2.31. The number of aliphatic hydroxyl groups is 1. The van der Waals surface area contributed by atoms with E-state index in [9.17, 15) is 5.11 Å². The van der Waals surface area contributed by atoms with Crippen molar-refractivity contribution in [1.29, 1.82) is 0 Å². The van der Waals surface area contributed by atoms with Gasteiger partial charge in [0.25, 0.3) is 0 Å². The van der Waals surface area contributed by atoms with Crippen molar-refractivity contribution in [3.05, 3.63) is 22.6 Å². The number of halogens is 1. The molecule has 2 rings (SSSR count). The van der Waals surface area contributed by atoms with E-state index >= 15 is 0 Å². The first-order chi connectivity index (χ1) is 7.65. The highest BCUT2D eigenvalue weighted by Gasteiger charge is 2.38. The summed E-state index contributed by atoms with van der Waals surface area (Å²) in [6.45, 7) is 2.23. The molecular formula is C13H19BrO2. The monoisotopic (exact) mass is 286 g/mol. The minimum Gasteiger partial charge on any atom is -0.465 e. The molecule has 0 aliphatic heterocycles. The van der Waals surface area contributed by atoms with Gasteiger partial charge in [-0.1, -0.05) is 19.8 Å². The molecule has 1 N–H and O–H groups in total. The molecule has 1 saturated carbocycles. The molecule has 90 valence electrons. The summed E-state index contributed by atoms with van der Waals surface area (Å²) in [4.78, 5) is 0. The minimum absolute atomic E-state index is 0.711. The zero-order chi connectivity index (χ0) is 11.6. The van der Waals surface area contributed by atoms with Gasteiger partial charge in [0.05, 0.1) is 10.7 Å². The van der Waals surface area contributed by atoms with Crippen molar-refractivity contribution in [1.82, 2.24) is 0 Å². The van der Waals surface area contributed by atoms with Gasteiger partial charge < -0.3 is 9.52 Å².